The van der Waals surface area contributed by atoms with Gasteiger partial charge in [0.15, 0.2) is 0 Å². The number of non-ortho nitro benzene ring substituents is 1. The Morgan fingerprint density at radius 2 is 2.10 bits per heavy atom. The summed E-state index contributed by atoms with van der Waals surface area (Å²) in [6.07, 6.45) is 2.04. The van der Waals surface area contributed by atoms with Gasteiger partial charge in [0.05, 0.1) is 23.6 Å². The van der Waals surface area contributed by atoms with Crippen LogP contribution in [0.3, 0.4) is 0 Å². The van der Waals surface area contributed by atoms with Crippen LogP contribution in [0, 0.1) is 19.6 Å². The number of rotatable bonds is 3. The molecule has 106 valence electrons. The molecular weight excluding hydrogens is 375 g/mol. The average Bonchev–Trinajstić information content (AvgIpc) is 3.19. The second kappa shape index (κ2) is 4.66. The van der Waals surface area contributed by atoms with E-state index < -0.39 is 10.5 Å². The molecule has 0 spiro atoms. The normalized spacial score (nSPS) is 20.4. The van der Waals surface area contributed by atoms with E-state index in [9.17, 15) is 20.0 Å². The summed E-state index contributed by atoms with van der Waals surface area (Å²) in [6.45, 7) is 0.657. The van der Waals surface area contributed by atoms with E-state index in [0.29, 0.717) is 28.1 Å². The predicted octanol–water partition coefficient (Wildman–Crippen LogP) is 1.80. The van der Waals surface area contributed by atoms with E-state index in [-0.39, 0.29) is 11.6 Å². The Hall–Kier alpha value is -1.22. The number of hydrogen-bond donors (Lipinski definition) is 1. The van der Waals surface area contributed by atoms with Gasteiger partial charge in [-0.1, -0.05) is 0 Å². The fourth-order valence-corrected chi connectivity index (χ4v) is 3.16. The van der Waals surface area contributed by atoms with Gasteiger partial charge in [-0.05, 0) is 47.4 Å². The van der Waals surface area contributed by atoms with E-state index in [1.54, 1.807) is 11.0 Å². The third-order valence-corrected chi connectivity index (χ3v) is 4.89. The molecule has 1 N–H and O–H groups in total. The third kappa shape index (κ3) is 2.28. The summed E-state index contributed by atoms with van der Waals surface area (Å²) in [4.78, 5) is 24.2. The molecular formula is C13H13IN2O4. The van der Waals surface area contributed by atoms with Gasteiger partial charge in [-0.15, -0.1) is 0 Å². The molecule has 1 aliphatic carbocycles. The number of nitro benzene ring substituents is 1. The lowest BCUT2D eigenvalue weighted by Crippen LogP contribution is -2.64. The number of amides is 1. The van der Waals surface area contributed by atoms with Crippen LogP contribution in [0.4, 0.5) is 5.69 Å². The first-order valence-corrected chi connectivity index (χ1v) is 7.44. The van der Waals surface area contributed by atoms with Gasteiger partial charge < -0.3 is 10.0 Å². The van der Waals surface area contributed by atoms with Crippen molar-refractivity contribution in [2.75, 3.05) is 13.1 Å². The molecule has 1 saturated carbocycles. The molecule has 7 heteroatoms. The van der Waals surface area contributed by atoms with Gasteiger partial charge in [-0.25, -0.2) is 0 Å². The van der Waals surface area contributed by atoms with Crippen molar-refractivity contribution in [3.05, 3.63) is 37.4 Å². The minimum atomic E-state index is -0.734. The number of halogens is 1. The summed E-state index contributed by atoms with van der Waals surface area (Å²) < 4.78 is 0.681. The van der Waals surface area contributed by atoms with Gasteiger partial charge >= 0.3 is 0 Å². The standard InChI is InChI=1S/C13H13IN2O4/c14-11-4-3-9(16(19)20)5-10(11)12(17)15-6-13(18,7-15)8-1-2-8/h3-5,8,18H,1-2,6-7H2. The summed E-state index contributed by atoms with van der Waals surface area (Å²) in [7, 11) is 0. The van der Waals surface area contributed by atoms with Crippen molar-refractivity contribution in [3.8, 4) is 0 Å². The molecule has 0 radical (unpaired) electrons. The Morgan fingerprint density at radius 3 is 2.65 bits per heavy atom. The predicted molar refractivity (Wildman–Crippen MR) is 79.4 cm³/mol. The zero-order chi connectivity index (χ0) is 14.5. The maximum Gasteiger partial charge on any atom is 0.270 e. The molecule has 0 atom stereocenters. The van der Waals surface area contributed by atoms with Gasteiger partial charge in [-0.2, -0.15) is 0 Å². The highest BCUT2D eigenvalue weighted by atomic mass is 127. The van der Waals surface area contributed by atoms with Crippen LogP contribution in [0.15, 0.2) is 18.2 Å². The highest BCUT2D eigenvalue weighted by Crippen LogP contribution is 2.44. The highest BCUT2D eigenvalue weighted by molar-refractivity contribution is 14.1. The zero-order valence-corrected chi connectivity index (χ0v) is 12.7. The molecule has 6 nitrogen and oxygen atoms in total. The lowest BCUT2D eigenvalue weighted by molar-refractivity contribution is -0.384. The summed E-state index contributed by atoms with van der Waals surface area (Å²) >= 11 is 1.99. The average molecular weight is 388 g/mol. The number of nitrogens with zero attached hydrogens (tertiary/aromatic N) is 2. The second-order valence-corrected chi connectivity index (χ2v) is 6.62. The monoisotopic (exact) mass is 388 g/mol. The molecule has 0 unspecified atom stereocenters. The van der Waals surface area contributed by atoms with Crippen LogP contribution in [0.5, 0.6) is 0 Å². The van der Waals surface area contributed by atoms with Crippen molar-refractivity contribution in [2.24, 2.45) is 5.92 Å². The van der Waals surface area contributed by atoms with E-state index in [4.69, 9.17) is 0 Å². The number of hydrogen-bond acceptors (Lipinski definition) is 4. The molecule has 3 rings (SSSR count). The summed E-state index contributed by atoms with van der Waals surface area (Å²) in [6, 6.07) is 4.26. The Balaban J connectivity index is 1.78. The van der Waals surface area contributed by atoms with Crippen LogP contribution < -0.4 is 0 Å². The molecule has 1 aromatic carbocycles. The first kappa shape index (κ1) is 13.7. The Morgan fingerprint density at radius 1 is 1.45 bits per heavy atom. The van der Waals surface area contributed by atoms with Crippen LogP contribution in [-0.2, 0) is 0 Å². The molecule has 0 aromatic heterocycles. The molecule has 0 bridgehead atoms. The van der Waals surface area contributed by atoms with Gasteiger partial charge in [-0.3, -0.25) is 14.9 Å². The van der Waals surface area contributed by atoms with Crippen LogP contribution in [0.2, 0.25) is 0 Å². The van der Waals surface area contributed by atoms with Crippen molar-refractivity contribution in [2.45, 2.75) is 18.4 Å². The summed E-state index contributed by atoms with van der Waals surface area (Å²) in [5.74, 6) is 0.0687. The first-order chi connectivity index (χ1) is 9.40. The SMILES string of the molecule is O=C(c1cc([N+](=O)[O-])ccc1I)N1CC(O)(C2CC2)C1. The third-order valence-electron chi connectivity index (χ3n) is 3.94. The zero-order valence-electron chi connectivity index (χ0n) is 10.6. The molecule has 1 aromatic rings. The van der Waals surface area contributed by atoms with Crippen molar-refractivity contribution >= 4 is 34.2 Å². The Kier molecular flexibility index (Phi) is 3.20. The highest BCUT2D eigenvalue weighted by Gasteiger charge is 2.53. The minimum Gasteiger partial charge on any atom is -0.386 e. The number of carbonyl (C=O) groups excluding carboxylic acids is 1. The minimum absolute atomic E-state index is 0.0910. The molecule has 1 saturated heterocycles. The fourth-order valence-electron chi connectivity index (χ4n) is 2.60. The number of β-amino-alcohol motifs (C(OH)–C–C–N with tert-alkyl or cyclic N) is 1. The van der Waals surface area contributed by atoms with E-state index in [0.717, 1.165) is 12.8 Å². The number of benzene rings is 1. The number of carbonyl (C=O) groups is 1. The summed E-state index contributed by atoms with van der Waals surface area (Å²) in [5.41, 5.74) is -0.494. The van der Waals surface area contributed by atoms with Gasteiger partial charge in [0.25, 0.3) is 11.6 Å². The molecule has 2 fully saturated rings. The van der Waals surface area contributed by atoms with Crippen LogP contribution >= 0.6 is 22.6 Å². The van der Waals surface area contributed by atoms with Gasteiger partial charge in [0.2, 0.25) is 0 Å². The Labute approximate surface area is 129 Å². The quantitative estimate of drug-likeness (QED) is 0.486. The van der Waals surface area contributed by atoms with E-state index >= 15 is 0 Å². The van der Waals surface area contributed by atoms with Crippen LogP contribution in [-0.4, -0.2) is 39.5 Å². The molecule has 2 aliphatic rings. The second-order valence-electron chi connectivity index (χ2n) is 5.46. The molecule has 1 amide bonds. The van der Waals surface area contributed by atoms with Gasteiger partial charge in [0.1, 0.15) is 5.60 Å². The fraction of sp³-hybridized carbons (Fsp3) is 0.462. The van der Waals surface area contributed by atoms with E-state index in [2.05, 4.69) is 0 Å². The maximum absolute atomic E-state index is 12.3. The summed E-state index contributed by atoms with van der Waals surface area (Å²) in [5, 5.41) is 21.0. The number of aliphatic hydroxyl groups is 1. The lowest BCUT2D eigenvalue weighted by Gasteiger charge is -2.47. The largest absolute Gasteiger partial charge is 0.386 e. The van der Waals surface area contributed by atoms with Crippen molar-refractivity contribution < 1.29 is 14.8 Å². The van der Waals surface area contributed by atoms with E-state index in [1.807, 2.05) is 22.6 Å². The molecule has 1 aliphatic heterocycles. The number of likely N-dealkylation sites (tertiary alicyclic amines) is 1. The Bertz CT molecular complexity index is 594. The molecule has 1 heterocycles. The molecule has 20 heavy (non-hydrogen) atoms. The lowest BCUT2D eigenvalue weighted by atomic mass is 9.88. The van der Waals surface area contributed by atoms with Crippen molar-refractivity contribution in [1.29, 1.82) is 0 Å². The van der Waals surface area contributed by atoms with E-state index in [1.165, 1.54) is 12.1 Å². The smallest absolute Gasteiger partial charge is 0.270 e. The van der Waals surface area contributed by atoms with Crippen molar-refractivity contribution in [3.63, 3.8) is 0 Å². The first-order valence-electron chi connectivity index (χ1n) is 6.36. The van der Waals surface area contributed by atoms with Crippen molar-refractivity contribution in [1.82, 2.24) is 4.90 Å². The maximum atomic E-state index is 12.3. The van der Waals surface area contributed by atoms with Crippen LogP contribution in [0.25, 0.3) is 0 Å². The van der Waals surface area contributed by atoms with Gasteiger partial charge in [0, 0.05) is 15.7 Å². The van der Waals surface area contributed by atoms with Crippen LogP contribution in [0.1, 0.15) is 23.2 Å². The topological polar surface area (TPSA) is 83.7 Å². The number of nitro groups is 1.